The van der Waals surface area contributed by atoms with Crippen LogP contribution in [0.3, 0.4) is 0 Å². The van der Waals surface area contributed by atoms with Crippen LogP contribution in [0.2, 0.25) is 0 Å². The molecule has 0 radical (unpaired) electrons. The third-order valence-corrected chi connectivity index (χ3v) is 3.94. The molecule has 1 aromatic heterocycles. The number of amides is 2. The lowest BCUT2D eigenvalue weighted by Crippen LogP contribution is -2.15. The summed E-state index contributed by atoms with van der Waals surface area (Å²) in [6, 6.07) is 14.5. The molecule has 1 heterocycles. The molecule has 0 saturated heterocycles. The van der Waals surface area contributed by atoms with E-state index in [1.165, 1.54) is 6.92 Å². The van der Waals surface area contributed by atoms with E-state index >= 15 is 0 Å². The van der Waals surface area contributed by atoms with Gasteiger partial charge in [0.25, 0.3) is 5.91 Å². The van der Waals surface area contributed by atoms with Gasteiger partial charge < -0.3 is 19.9 Å². The molecule has 0 fully saturated rings. The molecule has 0 atom stereocenters. The molecule has 25 heavy (non-hydrogen) atoms. The van der Waals surface area contributed by atoms with Crippen LogP contribution < -0.4 is 15.4 Å². The Bertz CT molecular complexity index is 960. The van der Waals surface area contributed by atoms with Crippen molar-refractivity contribution in [2.75, 3.05) is 17.7 Å². The highest BCUT2D eigenvalue weighted by molar-refractivity contribution is 6.07. The van der Waals surface area contributed by atoms with Gasteiger partial charge in [-0.15, -0.1) is 0 Å². The highest BCUT2D eigenvalue weighted by Crippen LogP contribution is 2.28. The standard InChI is InChI=1S/C19H19N3O3/c1-12(23)20-13-6-4-7-14(10-13)21-19(24)17-11-15-16(22(17)2)8-5-9-18(15)25-3/h4-11H,1-3H3,(H,20,23)(H,21,24). The monoisotopic (exact) mass is 337 g/mol. The van der Waals surface area contributed by atoms with Crippen LogP contribution in [0.4, 0.5) is 11.4 Å². The minimum atomic E-state index is -0.235. The third kappa shape index (κ3) is 3.33. The van der Waals surface area contributed by atoms with Gasteiger partial charge in [-0.2, -0.15) is 0 Å². The van der Waals surface area contributed by atoms with Crippen molar-refractivity contribution in [3.05, 3.63) is 54.2 Å². The van der Waals surface area contributed by atoms with Crippen molar-refractivity contribution in [1.29, 1.82) is 0 Å². The van der Waals surface area contributed by atoms with Gasteiger partial charge in [0.1, 0.15) is 11.4 Å². The summed E-state index contributed by atoms with van der Waals surface area (Å²) in [5.41, 5.74) is 2.67. The first-order valence-electron chi connectivity index (χ1n) is 7.81. The Kier molecular flexibility index (Phi) is 4.43. The molecule has 3 aromatic rings. The maximum atomic E-state index is 12.7. The molecule has 2 aromatic carbocycles. The average molecular weight is 337 g/mol. The maximum absolute atomic E-state index is 12.7. The van der Waals surface area contributed by atoms with Crippen LogP contribution in [0.5, 0.6) is 5.75 Å². The highest BCUT2D eigenvalue weighted by atomic mass is 16.5. The summed E-state index contributed by atoms with van der Waals surface area (Å²) in [7, 11) is 3.44. The molecule has 0 spiro atoms. The summed E-state index contributed by atoms with van der Waals surface area (Å²) in [5.74, 6) is 0.324. The van der Waals surface area contributed by atoms with E-state index in [0.717, 1.165) is 16.7 Å². The lowest BCUT2D eigenvalue weighted by Gasteiger charge is -2.08. The number of fused-ring (bicyclic) bond motifs is 1. The molecule has 6 nitrogen and oxygen atoms in total. The van der Waals surface area contributed by atoms with Gasteiger partial charge in [-0.1, -0.05) is 12.1 Å². The predicted octanol–water partition coefficient (Wildman–Crippen LogP) is 3.40. The highest BCUT2D eigenvalue weighted by Gasteiger charge is 2.16. The second-order valence-electron chi connectivity index (χ2n) is 5.70. The quantitative estimate of drug-likeness (QED) is 0.766. The van der Waals surface area contributed by atoms with E-state index in [1.54, 1.807) is 37.4 Å². The van der Waals surface area contributed by atoms with Crippen LogP contribution in [0.1, 0.15) is 17.4 Å². The normalized spacial score (nSPS) is 10.5. The van der Waals surface area contributed by atoms with Gasteiger partial charge in [-0.3, -0.25) is 9.59 Å². The van der Waals surface area contributed by atoms with Crippen molar-refractivity contribution in [2.24, 2.45) is 7.05 Å². The van der Waals surface area contributed by atoms with Crippen molar-refractivity contribution in [2.45, 2.75) is 6.92 Å². The molecule has 0 unspecified atom stereocenters. The zero-order valence-corrected chi connectivity index (χ0v) is 14.3. The molecule has 128 valence electrons. The van der Waals surface area contributed by atoms with Crippen LogP contribution in [-0.2, 0) is 11.8 Å². The maximum Gasteiger partial charge on any atom is 0.272 e. The predicted molar refractivity (Wildman–Crippen MR) is 98.2 cm³/mol. The number of rotatable bonds is 4. The van der Waals surface area contributed by atoms with Crippen molar-refractivity contribution in [3.63, 3.8) is 0 Å². The van der Waals surface area contributed by atoms with Crippen molar-refractivity contribution in [1.82, 2.24) is 4.57 Å². The van der Waals surface area contributed by atoms with Gasteiger partial charge in [0.15, 0.2) is 0 Å². The number of hydrogen-bond donors (Lipinski definition) is 2. The number of nitrogens with zero attached hydrogens (tertiary/aromatic N) is 1. The van der Waals surface area contributed by atoms with E-state index in [1.807, 2.05) is 29.8 Å². The van der Waals surface area contributed by atoms with Crippen LogP contribution in [0.15, 0.2) is 48.5 Å². The molecule has 0 aliphatic rings. The van der Waals surface area contributed by atoms with Crippen LogP contribution in [-0.4, -0.2) is 23.5 Å². The number of aryl methyl sites for hydroxylation is 1. The molecule has 0 aliphatic heterocycles. The fraction of sp³-hybridized carbons (Fsp3) is 0.158. The molecule has 0 saturated carbocycles. The fourth-order valence-corrected chi connectivity index (χ4v) is 2.80. The molecule has 0 aliphatic carbocycles. The Morgan fingerprint density at radius 3 is 2.36 bits per heavy atom. The van der Waals surface area contributed by atoms with Gasteiger partial charge in [0, 0.05) is 30.7 Å². The van der Waals surface area contributed by atoms with Crippen LogP contribution in [0, 0.1) is 0 Å². The number of hydrogen-bond acceptors (Lipinski definition) is 3. The number of aromatic nitrogens is 1. The summed E-state index contributed by atoms with van der Waals surface area (Å²) in [4.78, 5) is 23.8. The van der Waals surface area contributed by atoms with Gasteiger partial charge in [-0.05, 0) is 36.4 Å². The number of ether oxygens (including phenoxy) is 1. The Morgan fingerprint density at radius 1 is 1.00 bits per heavy atom. The summed E-state index contributed by atoms with van der Waals surface area (Å²) in [6.07, 6.45) is 0. The van der Waals surface area contributed by atoms with E-state index in [0.29, 0.717) is 17.1 Å². The summed E-state index contributed by atoms with van der Waals surface area (Å²) in [6.45, 7) is 1.44. The zero-order chi connectivity index (χ0) is 18.0. The largest absolute Gasteiger partial charge is 0.496 e. The van der Waals surface area contributed by atoms with Gasteiger partial charge >= 0.3 is 0 Å². The summed E-state index contributed by atoms with van der Waals surface area (Å²) < 4.78 is 7.19. The molecule has 6 heteroatoms. The SMILES string of the molecule is COc1cccc2c1cc(C(=O)Nc1cccc(NC(C)=O)c1)n2C. The molecular weight excluding hydrogens is 318 g/mol. The van der Waals surface area contributed by atoms with Crippen LogP contribution >= 0.6 is 0 Å². The van der Waals surface area contributed by atoms with Crippen molar-refractivity contribution < 1.29 is 14.3 Å². The lowest BCUT2D eigenvalue weighted by molar-refractivity contribution is -0.114. The smallest absolute Gasteiger partial charge is 0.272 e. The first-order chi connectivity index (χ1) is 12.0. The molecule has 2 N–H and O–H groups in total. The number of anilines is 2. The zero-order valence-electron chi connectivity index (χ0n) is 14.3. The lowest BCUT2D eigenvalue weighted by atomic mass is 10.2. The van der Waals surface area contributed by atoms with Crippen LogP contribution in [0.25, 0.3) is 10.9 Å². The number of methoxy groups -OCH3 is 1. The Labute approximate surface area is 145 Å². The Balaban J connectivity index is 1.90. The van der Waals surface area contributed by atoms with Crippen molar-refractivity contribution >= 4 is 34.1 Å². The van der Waals surface area contributed by atoms with E-state index in [4.69, 9.17) is 4.74 Å². The number of benzene rings is 2. The Hall–Kier alpha value is -3.28. The van der Waals surface area contributed by atoms with Crippen molar-refractivity contribution in [3.8, 4) is 5.75 Å². The van der Waals surface area contributed by atoms with E-state index in [9.17, 15) is 9.59 Å². The molecular formula is C19H19N3O3. The number of nitrogens with one attached hydrogen (secondary N) is 2. The summed E-state index contributed by atoms with van der Waals surface area (Å²) >= 11 is 0. The van der Waals surface area contributed by atoms with Gasteiger partial charge in [0.05, 0.1) is 12.6 Å². The Morgan fingerprint density at radius 2 is 1.68 bits per heavy atom. The number of carbonyl (C=O) groups is 2. The minimum absolute atomic E-state index is 0.163. The first kappa shape index (κ1) is 16.6. The summed E-state index contributed by atoms with van der Waals surface area (Å²) in [5, 5.41) is 6.43. The molecule has 2 amide bonds. The van der Waals surface area contributed by atoms with E-state index in [2.05, 4.69) is 10.6 Å². The topological polar surface area (TPSA) is 72.4 Å². The van der Waals surface area contributed by atoms with E-state index in [-0.39, 0.29) is 11.8 Å². The van der Waals surface area contributed by atoms with Gasteiger partial charge in [0.2, 0.25) is 5.91 Å². The molecule has 0 bridgehead atoms. The fourth-order valence-electron chi connectivity index (χ4n) is 2.80. The molecule has 3 rings (SSSR count). The van der Waals surface area contributed by atoms with Gasteiger partial charge in [-0.25, -0.2) is 0 Å². The number of carbonyl (C=O) groups excluding carboxylic acids is 2. The minimum Gasteiger partial charge on any atom is -0.496 e. The second-order valence-corrected chi connectivity index (χ2v) is 5.70. The third-order valence-electron chi connectivity index (χ3n) is 3.94. The first-order valence-corrected chi connectivity index (χ1v) is 7.81. The second kappa shape index (κ2) is 6.68. The van der Waals surface area contributed by atoms with E-state index < -0.39 is 0 Å². The average Bonchev–Trinajstić information content (AvgIpc) is 2.92.